The van der Waals surface area contributed by atoms with Gasteiger partial charge in [0.25, 0.3) is 0 Å². The Kier molecular flexibility index (Phi) is 2.65. The molecule has 0 saturated carbocycles. The number of phenols is 1. The third-order valence-electron chi connectivity index (χ3n) is 2.63. The maximum atomic E-state index is 12.9. The van der Waals surface area contributed by atoms with E-state index in [9.17, 15) is 9.50 Å². The van der Waals surface area contributed by atoms with Gasteiger partial charge in [-0.05, 0) is 37.1 Å². The molecule has 82 valence electrons. The first kappa shape index (κ1) is 10.7. The van der Waals surface area contributed by atoms with Crippen molar-refractivity contribution in [2.45, 2.75) is 13.8 Å². The molecule has 0 atom stereocenters. The van der Waals surface area contributed by atoms with Crippen molar-refractivity contribution >= 4 is 0 Å². The van der Waals surface area contributed by atoms with Crippen molar-refractivity contribution in [3.8, 4) is 16.9 Å². The van der Waals surface area contributed by atoms with E-state index in [0.29, 0.717) is 5.56 Å². The lowest BCUT2D eigenvalue weighted by Gasteiger charge is -2.09. The maximum absolute atomic E-state index is 12.9. The van der Waals surface area contributed by atoms with E-state index in [0.717, 1.165) is 17.2 Å². The van der Waals surface area contributed by atoms with Crippen molar-refractivity contribution in [2.24, 2.45) is 0 Å². The fourth-order valence-corrected chi connectivity index (χ4v) is 1.85. The third kappa shape index (κ3) is 1.91. The highest BCUT2D eigenvalue weighted by Gasteiger charge is 2.07. The van der Waals surface area contributed by atoms with Crippen LogP contribution in [0.3, 0.4) is 0 Å². The van der Waals surface area contributed by atoms with Crippen molar-refractivity contribution in [1.82, 2.24) is 0 Å². The van der Waals surface area contributed by atoms with Gasteiger partial charge < -0.3 is 5.11 Å². The summed E-state index contributed by atoms with van der Waals surface area (Å²) in [5.41, 5.74) is 3.84. The molecule has 0 fully saturated rings. The SMILES string of the molecule is Cc1ccc(-c2ccc(F)cc2O)c(C)c1. The second kappa shape index (κ2) is 3.97. The monoisotopic (exact) mass is 216 g/mol. The summed E-state index contributed by atoms with van der Waals surface area (Å²) in [5, 5.41) is 9.70. The van der Waals surface area contributed by atoms with Crippen molar-refractivity contribution in [3.05, 3.63) is 53.3 Å². The molecule has 1 N–H and O–H groups in total. The molecule has 0 unspecified atom stereocenters. The minimum atomic E-state index is -0.425. The molecule has 2 heteroatoms. The number of aryl methyl sites for hydroxylation is 2. The van der Waals surface area contributed by atoms with Crippen LogP contribution in [0.2, 0.25) is 0 Å². The Hall–Kier alpha value is -1.83. The highest BCUT2D eigenvalue weighted by Crippen LogP contribution is 2.32. The lowest BCUT2D eigenvalue weighted by atomic mass is 9.98. The third-order valence-corrected chi connectivity index (χ3v) is 2.63. The van der Waals surface area contributed by atoms with Gasteiger partial charge in [0.15, 0.2) is 0 Å². The zero-order valence-electron chi connectivity index (χ0n) is 9.29. The van der Waals surface area contributed by atoms with Crippen LogP contribution in [0.15, 0.2) is 36.4 Å². The molecule has 0 aromatic heterocycles. The molecule has 0 aliphatic heterocycles. The van der Waals surface area contributed by atoms with Gasteiger partial charge in [0.1, 0.15) is 11.6 Å². The summed E-state index contributed by atoms with van der Waals surface area (Å²) >= 11 is 0. The van der Waals surface area contributed by atoms with Gasteiger partial charge in [-0.15, -0.1) is 0 Å². The average Bonchev–Trinajstić information content (AvgIpc) is 2.19. The van der Waals surface area contributed by atoms with Crippen LogP contribution in [0.5, 0.6) is 5.75 Å². The summed E-state index contributed by atoms with van der Waals surface area (Å²) in [6.07, 6.45) is 0. The van der Waals surface area contributed by atoms with Gasteiger partial charge in [-0.1, -0.05) is 23.8 Å². The molecule has 0 spiro atoms. The molecule has 0 saturated heterocycles. The molecule has 0 heterocycles. The first-order chi connectivity index (χ1) is 7.58. The standard InChI is InChI=1S/C14H13FO/c1-9-3-5-12(10(2)7-9)13-6-4-11(15)8-14(13)16/h3-8,16H,1-2H3. The van der Waals surface area contributed by atoms with E-state index in [1.165, 1.54) is 11.6 Å². The van der Waals surface area contributed by atoms with Crippen molar-refractivity contribution in [1.29, 1.82) is 0 Å². The maximum Gasteiger partial charge on any atom is 0.126 e. The summed E-state index contributed by atoms with van der Waals surface area (Å²) in [4.78, 5) is 0. The molecule has 0 radical (unpaired) electrons. The Morgan fingerprint density at radius 3 is 2.25 bits per heavy atom. The molecular formula is C14H13FO. The lowest BCUT2D eigenvalue weighted by molar-refractivity contribution is 0.471. The number of phenolic OH excluding ortho intramolecular Hbond substituents is 1. The predicted octanol–water partition coefficient (Wildman–Crippen LogP) is 3.82. The largest absolute Gasteiger partial charge is 0.507 e. The zero-order chi connectivity index (χ0) is 11.7. The minimum Gasteiger partial charge on any atom is -0.507 e. The molecule has 0 aliphatic rings. The summed E-state index contributed by atoms with van der Waals surface area (Å²) in [6.45, 7) is 3.99. The molecular weight excluding hydrogens is 203 g/mol. The van der Waals surface area contributed by atoms with Gasteiger partial charge in [0, 0.05) is 11.6 Å². The number of hydrogen-bond acceptors (Lipinski definition) is 1. The van der Waals surface area contributed by atoms with E-state index >= 15 is 0 Å². The molecule has 2 aromatic carbocycles. The topological polar surface area (TPSA) is 20.2 Å². The predicted molar refractivity (Wildman–Crippen MR) is 63.0 cm³/mol. The molecule has 0 aliphatic carbocycles. The summed E-state index contributed by atoms with van der Waals surface area (Å²) < 4.78 is 12.9. The molecule has 1 nitrogen and oxygen atoms in total. The van der Waals surface area contributed by atoms with Crippen LogP contribution >= 0.6 is 0 Å². The van der Waals surface area contributed by atoms with E-state index in [1.54, 1.807) is 6.07 Å². The van der Waals surface area contributed by atoms with E-state index in [-0.39, 0.29) is 5.75 Å². The van der Waals surface area contributed by atoms with E-state index in [2.05, 4.69) is 0 Å². The number of aromatic hydroxyl groups is 1. The van der Waals surface area contributed by atoms with E-state index in [1.807, 2.05) is 32.0 Å². The number of hydrogen-bond donors (Lipinski definition) is 1. The Morgan fingerprint density at radius 2 is 1.62 bits per heavy atom. The Balaban J connectivity index is 2.59. The van der Waals surface area contributed by atoms with Gasteiger partial charge >= 0.3 is 0 Å². The number of benzene rings is 2. The molecule has 2 rings (SSSR count). The molecule has 16 heavy (non-hydrogen) atoms. The zero-order valence-corrected chi connectivity index (χ0v) is 9.29. The van der Waals surface area contributed by atoms with Crippen molar-refractivity contribution in [3.63, 3.8) is 0 Å². The van der Waals surface area contributed by atoms with Crippen LogP contribution in [-0.2, 0) is 0 Å². The van der Waals surface area contributed by atoms with Gasteiger partial charge in [0.05, 0.1) is 0 Å². The van der Waals surface area contributed by atoms with Gasteiger partial charge in [0.2, 0.25) is 0 Å². The van der Waals surface area contributed by atoms with Crippen LogP contribution in [0.1, 0.15) is 11.1 Å². The highest BCUT2D eigenvalue weighted by atomic mass is 19.1. The fraction of sp³-hybridized carbons (Fsp3) is 0.143. The Bertz CT molecular complexity index is 483. The quantitative estimate of drug-likeness (QED) is 0.768. The van der Waals surface area contributed by atoms with Crippen molar-refractivity contribution in [2.75, 3.05) is 0 Å². The summed E-state index contributed by atoms with van der Waals surface area (Å²) in [6, 6.07) is 10.0. The summed E-state index contributed by atoms with van der Waals surface area (Å²) in [7, 11) is 0. The first-order valence-electron chi connectivity index (χ1n) is 5.14. The second-order valence-corrected chi connectivity index (χ2v) is 3.98. The number of halogens is 1. The van der Waals surface area contributed by atoms with E-state index < -0.39 is 5.82 Å². The van der Waals surface area contributed by atoms with Crippen molar-refractivity contribution < 1.29 is 9.50 Å². The van der Waals surface area contributed by atoms with Crippen LogP contribution in [-0.4, -0.2) is 5.11 Å². The van der Waals surface area contributed by atoms with Crippen LogP contribution < -0.4 is 0 Å². The summed E-state index contributed by atoms with van der Waals surface area (Å²) in [5.74, 6) is -0.446. The first-order valence-corrected chi connectivity index (χ1v) is 5.14. The molecule has 2 aromatic rings. The Labute approximate surface area is 94.2 Å². The van der Waals surface area contributed by atoms with Gasteiger partial charge in [-0.2, -0.15) is 0 Å². The lowest BCUT2D eigenvalue weighted by Crippen LogP contribution is -1.86. The minimum absolute atomic E-state index is 0.0213. The molecule has 0 bridgehead atoms. The molecule has 0 amide bonds. The van der Waals surface area contributed by atoms with Gasteiger partial charge in [-0.25, -0.2) is 4.39 Å². The van der Waals surface area contributed by atoms with Crippen LogP contribution in [0.25, 0.3) is 11.1 Å². The normalized spacial score (nSPS) is 10.4. The average molecular weight is 216 g/mol. The van der Waals surface area contributed by atoms with Crippen LogP contribution in [0, 0.1) is 19.7 Å². The van der Waals surface area contributed by atoms with E-state index in [4.69, 9.17) is 0 Å². The number of rotatable bonds is 1. The fourth-order valence-electron chi connectivity index (χ4n) is 1.85. The highest BCUT2D eigenvalue weighted by molar-refractivity contribution is 5.73. The Morgan fingerprint density at radius 1 is 0.938 bits per heavy atom. The smallest absolute Gasteiger partial charge is 0.126 e. The second-order valence-electron chi connectivity index (χ2n) is 3.98. The van der Waals surface area contributed by atoms with Crippen LogP contribution in [0.4, 0.5) is 4.39 Å². The van der Waals surface area contributed by atoms with Gasteiger partial charge in [-0.3, -0.25) is 0 Å².